The second kappa shape index (κ2) is 7.54. The summed E-state index contributed by atoms with van der Waals surface area (Å²) < 4.78 is 0.900. The van der Waals surface area contributed by atoms with Crippen LogP contribution in [0.25, 0.3) is 0 Å². The summed E-state index contributed by atoms with van der Waals surface area (Å²) in [5.74, 6) is -0.233. The van der Waals surface area contributed by atoms with Crippen LogP contribution >= 0.6 is 27.3 Å². The van der Waals surface area contributed by atoms with E-state index in [0.29, 0.717) is 17.1 Å². The quantitative estimate of drug-likeness (QED) is 0.483. The van der Waals surface area contributed by atoms with Crippen molar-refractivity contribution >= 4 is 44.0 Å². The van der Waals surface area contributed by atoms with Crippen LogP contribution in [-0.2, 0) is 6.42 Å². The molecule has 0 spiro atoms. The molecule has 0 saturated heterocycles. The molecular formula is C17H12BrN3O3S. The number of hydrogen-bond acceptors (Lipinski definition) is 5. The zero-order valence-electron chi connectivity index (χ0n) is 12.8. The molecule has 2 aromatic carbocycles. The van der Waals surface area contributed by atoms with Crippen molar-refractivity contribution in [1.29, 1.82) is 0 Å². The number of hydrogen-bond donors (Lipinski definition) is 1. The Morgan fingerprint density at radius 3 is 2.72 bits per heavy atom. The Labute approximate surface area is 155 Å². The van der Waals surface area contributed by atoms with E-state index in [2.05, 4.69) is 26.2 Å². The molecule has 6 nitrogen and oxygen atoms in total. The van der Waals surface area contributed by atoms with E-state index in [1.807, 2.05) is 6.07 Å². The molecular weight excluding hydrogens is 406 g/mol. The fourth-order valence-corrected chi connectivity index (χ4v) is 3.30. The fraction of sp³-hybridized carbons (Fsp3) is 0.0588. The van der Waals surface area contributed by atoms with Crippen molar-refractivity contribution in [1.82, 2.24) is 4.98 Å². The first kappa shape index (κ1) is 17.2. The number of carbonyl (C=O) groups excluding carboxylic acids is 1. The Hall–Kier alpha value is -2.58. The average Bonchev–Trinajstić information content (AvgIpc) is 3.02. The molecule has 0 aliphatic rings. The number of non-ortho nitro benzene ring substituents is 1. The lowest BCUT2D eigenvalue weighted by molar-refractivity contribution is -0.384. The maximum atomic E-state index is 12.2. The summed E-state index contributed by atoms with van der Waals surface area (Å²) >= 11 is 4.67. The van der Waals surface area contributed by atoms with Gasteiger partial charge in [0.05, 0.1) is 4.92 Å². The van der Waals surface area contributed by atoms with Crippen LogP contribution in [0.15, 0.2) is 59.2 Å². The fourth-order valence-electron chi connectivity index (χ4n) is 2.20. The predicted molar refractivity (Wildman–Crippen MR) is 100 cm³/mol. The lowest BCUT2D eigenvalue weighted by Gasteiger charge is -2.01. The minimum Gasteiger partial charge on any atom is -0.298 e. The molecule has 1 N–H and O–H groups in total. The van der Waals surface area contributed by atoms with E-state index in [-0.39, 0.29) is 11.6 Å². The summed E-state index contributed by atoms with van der Waals surface area (Å²) in [4.78, 5) is 27.7. The number of benzene rings is 2. The summed E-state index contributed by atoms with van der Waals surface area (Å²) in [6.07, 6.45) is 2.19. The molecule has 1 heterocycles. The lowest BCUT2D eigenvalue weighted by Crippen LogP contribution is -2.11. The van der Waals surface area contributed by atoms with Gasteiger partial charge in [-0.3, -0.25) is 20.2 Å². The van der Waals surface area contributed by atoms with Gasteiger partial charge in [-0.1, -0.05) is 28.1 Å². The Balaban J connectivity index is 1.68. The molecule has 126 valence electrons. The molecule has 1 aromatic heterocycles. The van der Waals surface area contributed by atoms with Crippen LogP contribution in [0.2, 0.25) is 0 Å². The van der Waals surface area contributed by atoms with Crippen molar-refractivity contribution in [2.75, 3.05) is 5.32 Å². The monoisotopic (exact) mass is 417 g/mol. The smallest absolute Gasteiger partial charge is 0.269 e. The standard InChI is InChI=1S/C17H12BrN3O3S/c18-13-6-4-12(5-7-13)16(22)20-17-19-10-15(25-17)9-11-2-1-3-14(8-11)21(23)24/h1-8,10H,9H2,(H,19,20,22). The molecule has 0 aliphatic heterocycles. The number of rotatable bonds is 5. The molecule has 1 amide bonds. The van der Waals surface area contributed by atoms with E-state index >= 15 is 0 Å². The number of amides is 1. The second-order valence-electron chi connectivity index (χ2n) is 5.20. The van der Waals surface area contributed by atoms with Gasteiger partial charge in [0.1, 0.15) is 0 Å². The van der Waals surface area contributed by atoms with Gasteiger partial charge < -0.3 is 0 Å². The van der Waals surface area contributed by atoms with Crippen molar-refractivity contribution in [2.45, 2.75) is 6.42 Å². The van der Waals surface area contributed by atoms with Gasteiger partial charge >= 0.3 is 0 Å². The molecule has 8 heteroatoms. The summed E-state index contributed by atoms with van der Waals surface area (Å²) in [5.41, 5.74) is 1.42. The van der Waals surface area contributed by atoms with Gasteiger partial charge in [0.2, 0.25) is 0 Å². The Bertz CT molecular complexity index is 925. The maximum absolute atomic E-state index is 12.2. The van der Waals surface area contributed by atoms with Crippen LogP contribution in [0.1, 0.15) is 20.8 Å². The third-order valence-corrected chi connectivity index (χ3v) is 4.82. The molecule has 25 heavy (non-hydrogen) atoms. The first-order chi connectivity index (χ1) is 12.0. The Morgan fingerprint density at radius 1 is 1.24 bits per heavy atom. The zero-order chi connectivity index (χ0) is 17.8. The van der Waals surface area contributed by atoms with Crippen molar-refractivity contribution in [3.63, 3.8) is 0 Å². The number of anilines is 1. The highest BCUT2D eigenvalue weighted by Gasteiger charge is 2.11. The van der Waals surface area contributed by atoms with Gasteiger partial charge in [0.25, 0.3) is 11.6 Å². The van der Waals surface area contributed by atoms with Gasteiger partial charge in [-0.15, -0.1) is 11.3 Å². The van der Waals surface area contributed by atoms with Gasteiger partial charge in [0, 0.05) is 39.7 Å². The normalized spacial score (nSPS) is 10.4. The van der Waals surface area contributed by atoms with E-state index in [9.17, 15) is 14.9 Å². The molecule has 0 radical (unpaired) electrons. The molecule has 3 rings (SSSR count). The molecule has 0 aliphatic carbocycles. The van der Waals surface area contributed by atoms with Crippen molar-refractivity contribution < 1.29 is 9.72 Å². The van der Waals surface area contributed by atoms with Crippen molar-refractivity contribution in [3.8, 4) is 0 Å². The van der Waals surface area contributed by atoms with E-state index in [1.54, 1.807) is 42.6 Å². The third-order valence-electron chi connectivity index (χ3n) is 3.38. The first-order valence-corrected chi connectivity index (χ1v) is 8.87. The lowest BCUT2D eigenvalue weighted by atomic mass is 10.1. The number of carbonyl (C=O) groups is 1. The molecule has 0 bridgehead atoms. The Morgan fingerprint density at radius 2 is 2.00 bits per heavy atom. The number of nitrogens with one attached hydrogen (secondary N) is 1. The molecule has 0 saturated carbocycles. The first-order valence-electron chi connectivity index (χ1n) is 7.26. The summed E-state index contributed by atoms with van der Waals surface area (Å²) in [5, 5.41) is 14.1. The number of nitro benzene ring substituents is 1. The maximum Gasteiger partial charge on any atom is 0.269 e. The van der Waals surface area contributed by atoms with Gasteiger partial charge in [-0.25, -0.2) is 4.98 Å². The van der Waals surface area contributed by atoms with Crippen LogP contribution < -0.4 is 5.32 Å². The van der Waals surface area contributed by atoms with Gasteiger partial charge in [-0.2, -0.15) is 0 Å². The van der Waals surface area contributed by atoms with Gasteiger partial charge in [0.15, 0.2) is 5.13 Å². The van der Waals surface area contributed by atoms with E-state index in [4.69, 9.17) is 0 Å². The predicted octanol–water partition coefficient (Wildman–Crippen LogP) is 4.66. The molecule has 3 aromatic rings. The minimum absolute atomic E-state index is 0.0609. The largest absolute Gasteiger partial charge is 0.298 e. The Kier molecular flexibility index (Phi) is 5.20. The molecule has 0 unspecified atom stereocenters. The minimum atomic E-state index is -0.417. The number of aromatic nitrogens is 1. The van der Waals surface area contributed by atoms with Crippen LogP contribution in [0.3, 0.4) is 0 Å². The molecule has 0 fully saturated rings. The number of thiazole rings is 1. The summed E-state index contributed by atoms with van der Waals surface area (Å²) in [6.45, 7) is 0. The van der Waals surface area contributed by atoms with E-state index in [0.717, 1.165) is 14.9 Å². The highest BCUT2D eigenvalue weighted by Crippen LogP contribution is 2.23. The highest BCUT2D eigenvalue weighted by molar-refractivity contribution is 9.10. The highest BCUT2D eigenvalue weighted by atomic mass is 79.9. The second-order valence-corrected chi connectivity index (χ2v) is 7.23. The zero-order valence-corrected chi connectivity index (χ0v) is 15.2. The van der Waals surface area contributed by atoms with Crippen LogP contribution in [0.4, 0.5) is 10.8 Å². The summed E-state index contributed by atoms with van der Waals surface area (Å²) in [7, 11) is 0. The van der Waals surface area contributed by atoms with Gasteiger partial charge in [-0.05, 0) is 29.8 Å². The van der Waals surface area contributed by atoms with Crippen molar-refractivity contribution in [3.05, 3.63) is 85.3 Å². The van der Waals surface area contributed by atoms with E-state index in [1.165, 1.54) is 17.4 Å². The topological polar surface area (TPSA) is 85.1 Å². The van der Waals surface area contributed by atoms with Crippen LogP contribution in [0.5, 0.6) is 0 Å². The SMILES string of the molecule is O=C(Nc1ncc(Cc2cccc([N+](=O)[O-])c2)s1)c1ccc(Br)cc1. The van der Waals surface area contributed by atoms with Crippen LogP contribution in [-0.4, -0.2) is 15.8 Å². The summed E-state index contributed by atoms with van der Waals surface area (Å²) in [6, 6.07) is 13.5. The number of nitro groups is 1. The number of nitrogens with zero attached hydrogens (tertiary/aromatic N) is 2. The average molecular weight is 418 g/mol. The number of halogens is 1. The van der Waals surface area contributed by atoms with Crippen molar-refractivity contribution in [2.24, 2.45) is 0 Å². The molecule has 0 atom stereocenters. The van der Waals surface area contributed by atoms with E-state index < -0.39 is 4.92 Å². The third kappa shape index (κ3) is 4.49. The van der Waals surface area contributed by atoms with Crippen LogP contribution in [0, 0.1) is 10.1 Å².